The second-order valence-corrected chi connectivity index (χ2v) is 7.48. The highest BCUT2D eigenvalue weighted by atomic mass is 35.5. The van der Waals surface area contributed by atoms with Crippen molar-refractivity contribution >= 4 is 29.1 Å². The van der Waals surface area contributed by atoms with E-state index in [9.17, 15) is 0 Å². The van der Waals surface area contributed by atoms with Crippen LogP contribution in [0.3, 0.4) is 0 Å². The van der Waals surface area contributed by atoms with Crippen molar-refractivity contribution in [3.05, 3.63) is 64.7 Å². The van der Waals surface area contributed by atoms with Crippen LogP contribution < -0.4 is 0 Å². The first kappa shape index (κ1) is 15.4. The molecule has 1 aliphatic heterocycles. The molecule has 1 aliphatic rings. The number of thioether (sulfide) groups is 1. The Morgan fingerprint density at radius 1 is 0.958 bits per heavy atom. The van der Waals surface area contributed by atoms with Gasteiger partial charge in [0.15, 0.2) is 5.82 Å². The van der Waals surface area contributed by atoms with Gasteiger partial charge in [-0.1, -0.05) is 65.3 Å². The third kappa shape index (κ3) is 2.74. The molecule has 0 fully saturated rings. The molecular formula is C18H15ClN4S. The highest BCUT2D eigenvalue weighted by molar-refractivity contribution is 8.00. The van der Waals surface area contributed by atoms with Gasteiger partial charge >= 0.3 is 0 Å². The molecular weight excluding hydrogens is 340 g/mol. The van der Waals surface area contributed by atoms with Crippen LogP contribution in [0.5, 0.6) is 0 Å². The smallest absolute Gasteiger partial charge is 0.187 e. The Hall–Kier alpha value is -2.11. The Kier molecular flexibility index (Phi) is 3.90. The van der Waals surface area contributed by atoms with Crippen molar-refractivity contribution in [2.45, 2.75) is 24.3 Å². The third-order valence-corrected chi connectivity index (χ3v) is 5.23. The number of fused-ring (bicyclic) bond motifs is 1. The van der Waals surface area contributed by atoms with Crippen LogP contribution >= 0.6 is 23.4 Å². The van der Waals surface area contributed by atoms with E-state index < -0.39 is 0 Å². The largest absolute Gasteiger partial charge is 0.213 e. The lowest BCUT2D eigenvalue weighted by Crippen LogP contribution is -2.21. The molecule has 6 heteroatoms. The zero-order chi connectivity index (χ0) is 16.7. The number of nitrogens with zero attached hydrogens (tertiary/aromatic N) is 4. The minimum Gasteiger partial charge on any atom is -0.187 e. The van der Waals surface area contributed by atoms with E-state index in [0.717, 1.165) is 32.8 Å². The molecule has 0 radical (unpaired) electrons. The van der Waals surface area contributed by atoms with E-state index in [0.29, 0.717) is 0 Å². The first-order chi connectivity index (χ1) is 11.6. The summed E-state index contributed by atoms with van der Waals surface area (Å²) in [5.41, 5.74) is 4.28. The van der Waals surface area contributed by atoms with Gasteiger partial charge < -0.3 is 0 Å². The number of halogens is 1. The number of aryl methyl sites for hydroxylation is 1. The van der Waals surface area contributed by atoms with Crippen molar-refractivity contribution < 1.29 is 0 Å². The fraction of sp³-hybridized carbons (Fsp3) is 0.167. The summed E-state index contributed by atoms with van der Waals surface area (Å²) >= 11 is 7.66. The fourth-order valence-electron chi connectivity index (χ4n) is 2.63. The highest BCUT2D eigenvalue weighted by Gasteiger charge is 2.26. The lowest BCUT2D eigenvalue weighted by molar-refractivity contribution is 0.754. The minimum absolute atomic E-state index is 0.203. The van der Waals surface area contributed by atoms with Gasteiger partial charge in [0.1, 0.15) is 0 Å². The third-order valence-electron chi connectivity index (χ3n) is 3.94. The van der Waals surface area contributed by atoms with Crippen molar-refractivity contribution in [3.8, 4) is 11.4 Å². The maximum absolute atomic E-state index is 6.00. The zero-order valence-electron chi connectivity index (χ0n) is 13.3. The van der Waals surface area contributed by atoms with Crippen molar-refractivity contribution in [3.63, 3.8) is 0 Å². The molecule has 2 heterocycles. The van der Waals surface area contributed by atoms with Gasteiger partial charge in [-0.05, 0) is 31.5 Å². The minimum atomic E-state index is 0.203. The Morgan fingerprint density at radius 3 is 2.33 bits per heavy atom. The Labute approximate surface area is 149 Å². The van der Waals surface area contributed by atoms with Gasteiger partial charge in [0, 0.05) is 10.6 Å². The maximum atomic E-state index is 6.00. The zero-order valence-corrected chi connectivity index (χ0v) is 14.8. The first-order valence-corrected chi connectivity index (χ1v) is 8.91. The molecule has 24 heavy (non-hydrogen) atoms. The molecule has 120 valence electrons. The van der Waals surface area contributed by atoms with Crippen LogP contribution in [0.15, 0.2) is 58.8 Å². The molecule has 4 nitrogen and oxygen atoms in total. The molecule has 0 saturated heterocycles. The fourth-order valence-corrected chi connectivity index (χ4v) is 3.68. The van der Waals surface area contributed by atoms with Gasteiger partial charge in [0.25, 0.3) is 0 Å². The second-order valence-electron chi connectivity index (χ2n) is 5.74. The predicted octanol–water partition coefficient (Wildman–Crippen LogP) is 4.65. The molecule has 0 N–H and O–H groups in total. The first-order valence-electron chi connectivity index (χ1n) is 7.66. The molecule has 1 aromatic heterocycles. The maximum Gasteiger partial charge on any atom is 0.213 e. The number of hydrogen-bond donors (Lipinski definition) is 0. The van der Waals surface area contributed by atoms with Crippen molar-refractivity contribution in [1.82, 2.24) is 14.9 Å². The van der Waals surface area contributed by atoms with Crippen LogP contribution in [0.4, 0.5) is 0 Å². The topological polar surface area (TPSA) is 43.1 Å². The molecule has 1 atom stereocenters. The van der Waals surface area contributed by atoms with E-state index in [-0.39, 0.29) is 5.25 Å². The van der Waals surface area contributed by atoms with Gasteiger partial charge in [-0.2, -0.15) is 9.78 Å². The predicted molar refractivity (Wildman–Crippen MR) is 98.9 cm³/mol. The van der Waals surface area contributed by atoms with Gasteiger partial charge in [0.2, 0.25) is 5.16 Å². The lowest BCUT2D eigenvalue weighted by atomic mass is 10.1. The summed E-state index contributed by atoms with van der Waals surface area (Å²) in [7, 11) is 0. The Bertz CT molecular complexity index is 913. The summed E-state index contributed by atoms with van der Waals surface area (Å²) in [6.07, 6.45) is 0. The van der Waals surface area contributed by atoms with Crippen molar-refractivity contribution in [1.29, 1.82) is 0 Å². The average Bonchev–Trinajstić information content (AvgIpc) is 2.98. The van der Waals surface area contributed by atoms with E-state index in [1.54, 1.807) is 11.8 Å². The summed E-state index contributed by atoms with van der Waals surface area (Å²) in [4.78, 5) is 0. The summed E-state index contributed by atoms with van der Waals surface area (Å²) < 4.78 is 1.83. The van der Waals surface area contributed by atoms with Crippen LogP contribution in [0.1, 0.15) is 18.1 Å². The average molecular weight is 355 g/mol. The molecule has 0 saturated carbocycles. The standard InChI is InChI=1S/C18H15ClN4S/c1-11-3-5-14(6-4-11)17-20-21-18-23(17)22-16(12(2)24-18)13-7-9-15(19)10-8-13/h3-10,12H,1-2H3/t12-/m0/s1. The van der Waals surface area contributed by atoms with Crippen molar-refractivity contribution in [2.24, 2.45) is 5.10 Å². The lowest BCUT2D eigenvalue weighted by Gasteiger charge is -2.20. The monoisotopic (exact) mass is 354 g/mol. The van der Waals surface area contributed by atoms with E-state index in [1.807, 2.05) is 41.1 Å². The second kappa shape index (κ2) is 6.07. The van der Waals surface area contributed by atoms with Crippen LogP contribution in [0.2, 0.25) is 5.02 Å². The SMILES string of the molecule is Cc1ccc(-c2nnc3n2N=C(c2ccc(Cl)cc2)[C@H](C)S3)cc1. The summed E-state index contributed by atoms with van der Waals surface area (Å²) in [5, 5.41) is 15.2. The van der Waals surface area contributed by atoms with Gasteiger partial charge in [0.05, 0.1) is 11.0 Å². The van der Waals surface area contributed by atoms with Crippen LogP contribution in [0, 0.1) is 6.92 Å². The number of hydrogen-bond acceptors (Lipinski definition) is 4. The summed E-state index contributed by atoms with van der Waals surface area (Å²) in [5.74, 6) is 0.760. The molecule has 0 bridgehead atoms. The summed E-state index contributed by atoms with van der Waals surface area (Å²) in [6, 6.07) is 16.0. The van der Waals surface area contributed by atoms with E-state index in [2.05, 4.69) is 36.2 Å². The number of aromatic nitrogens is 3. The molecule has 2 aromatic carbocycles. The van der Waals surface area contributed by atoms with Crippen LogP contribution in [-0.4, -0.2) is 25.8 Å². The van der Waals surface area contributed by atoms with Crippen LogP contribution in [0.25, 0.3) is 11.4 Å². The molecule has 0 aliphatic carbocycles. The van der Waals surface area contributed by atoms with E-state index in [4.69, 9.17) is 16.7 Å². The molecule has 3 aromatic rings. The molecule has 0 amide bonds. The molecule has 4 rings (SSSR count). The van der Waals surface area contributed by atoms with Gasteiger partial charge in [-0.15, -0.1) is 10.2 Å². The normalized spacial score (nSPS) is 16.6. The number of rotatable bonds is 2. The molecule has 0 unspecified atom stereocenters. The van der Waals surface area contributed by atoms with Crippen LogP contribution in [-0.2, 0) is 0 Å². The highest BCUT2D eigenvalue weighted by Crippen LogP contribution is 2.33. The quantitative estimate of drug-likeness (QED) is 0.672. The van der Waals surface area contributed by atoms with E-state index in [1.165, 1.54) is 5.56 Å². The molecule has 0 spiro atoms. The van der Waals surface area contributed by atoms with Crippen molar-refractivity contribution in [2.75, 3.05) is 0 Å². The Morgan fingerprint density at radius 2 is 1.62 bits per heavy atom. The summed E-state index contributed by atoms with van der Waals surface area (Å²) in [6.45, 7) is 4.19. The van der Waals surface area contributed by atoms with Gasteiger partial charge in [-0.3, -0.25) is 0 Å². The van der Waals surface area contributed by atoms with E-state index >= 15 is 0 Å². The van der Waals surface area contributed by atoms with Gasteiger partial charge in [-0.25, -0.2) is 0 Å². The Balaban J connectivity index is 1.81. The number of benzene rings is 2.